The molecule has 23 heavy (non-hydrogen) atoms. The molecule has 2 heterocycles. The Morgan fingerprint density at radius 1 is 1.39 bits per heavy atom. The van der Waals surface area contributed by atoms with Gasteiger partial charge in [-0.15, -0.1) is 5.10 Å². The molecule has 1 fully saturated rings. The average molecular weight is 316 g/mol. The van der Waals surface area contributed by atoms with Crippen molar-refractivity contribution in [1.82, 2.24) is 19.9 Å². The summed E-state index contributed by atoms with van der Waals surface area (Å²) in [6, 6.07) is 9.91. The number of carbonyl (C=O) groups excluding carboxylic acids is 1. The van der Waals surface area contributed by atoms with E-state index in [1.807, 2.05) is 30.3 Å². The molecule has 0 aliphatic carbocycles. The Labute approximate surface area is 134 Å². The fourth-order valence-corrected chi connectivity index (χ4v) is 2.74. The van der Waals surface area contributed by atoms with Crippen molar-refractivity contribution in [3.05, 3.63) is 47.8 Å². The van der Waals surface area contributed by atoms with E-state index in [1.165, 1.54) is 4.68 Å². The number of aromatic nitrogens is 3. The summed E-state index contributed by atoms with van der Waals surface area (Å²) in [6.45, 7) is 2.75. The maximum Gasteiger partial charge on any atom is 0.244 e. The first-order valence-corrected chi connectivity index (χ1v) is 7.50. The maximum atomic E-state index is 12.3. The molecule has 1 N–H and O–H groups in total. The molecule has 1 aromatic heterocycles. The van der Waals surface area contributed by atoms with Gasteiger partial charge in [-0.2, -0.15) is 0 Å². The second-order valence-corrected chi connectivity index (χ2v) is 5.83. The third kappa shape index (κ3) is 2.97. The molecular formula is C16H20N4O3. The Kier molecular flexibility index (Phi) is 4.14. The van der Waals surface area contributed by atoms with Crippen LogP contribution in [0.1, 0.15) is 24.3 Å². The van der Waals surface area contributed by atoms with Crippen LogP contribution in [-0.4, -0.2) is 51.1 Å². The molecule has 1 amide bonds. The van der Waals surface area contributed by atoms with Gasteiger partial charge in [0, 0.05) is 7.11 Å². The van der Waals surface area contributed by atoms with E-state index < -0.39 is 11.7 Å². The van der Waals surface area contributed by atoms with Crippen molar-refractivity contribution >= 4 is 5.91 Å². The Hall–Kier alpha value is -2.25. The number of ether oxygens (including phenoxy) is 1. The van der Waals surface area contributed by atoms with Crippen LogP contribution in [0.3, 0.4) is 0 Å². The fraction of sp³-hybridized carbons (Fsp3) is 0.438. The molecule has 0 saturated carbocycles. The smallest absolute Gasteiger partial charge is 0.244 e. The van der Waals surface area contributed by atoms with Crippen LogP contribution < -0.4 is 0 Å². The van der Waals surface area contributed by atoms with Gasteiger partial charge in [0.2, 0.25) is 5.91 Å². The summed E-state index contributed by atoms with van der Waals surface area (Å²) in [7, 11) is 1.67. The number of likely N-dealkylation sites (tertiary alicyclic amines) is 1. The van der Waals surface area contributed by atoms with Crippen molar-refractivity contribution in [2.75, 3.05) is 20.2 Å². The Balaban J connectivity index is 1.62. The van der Waals surface area contributed by atoms with E-state index in [2.05, 4.69) is 10.3 Å². The number of methoxy groups -OCH3 is 1. The van der Waals surface area contributed by atoms with Gasteiger partial charge in [0.15, 0.2) is 0 Å². The largest absolute Gasteiger partial charge is 0.387 e. The van der Waals surface area contributed by atoms with Gasteiger partial charge in [-0.3, -0.25) is 4.79 Å². The zero-order chi connectivity index (χ0) is 16.4. The summed E-state index contributed by atoms with van der Waals surface area (Å²) < 4.78 is 7.11. The minimum Gasteiger partial charge on any atom is -0.387 e. The summed E-state index contributed by atoms with van der Waals surface area (Å²) in [4.78, 5) is 14.1. The first kappa shape index (κ1) is 15.6. The second-order valence-electron chi connectivity index (χ2n) is 5.83. The highest BCUT2D eigenvalue weighted by molar-refractivity contribution is 5.77. The molecule has 1 aliphatic rings. The average Bonchev–Trinajstić information content (AvgIpc) is 2.96. The predicted octanol–water partition coefficient (Wildman–Crippen LogP) is 0.715. The van der Waals surface area contributed by atoms with Gasteiger partial charge >= 0.3 is 0 Å². The molecule has 1 aliphatic heterocycles. The van der Waals surface area contributed by atoms with Crippen molar-refractivity contribution in [2.24, 2.45) is 0 Å². The number of aliphatic hydroxyl groups is 1. The third-order valence-corrected chi connectivity index (χ3v) is 4.22. The van der Waals surface area contributed by atoms with Crippen molar-refractivity contribution in [2.45, 2.75) is 25.2 Å². The molecule has 3 rings (SSSR count). The molecule has 1 saturated heterocycles. The number of rotatable bonds is 5. The van der Waals surface area contributed by atoms with Crippen molar-refractivity contribution in [1.29, 1.82) is 0 Å². The molecule has 122 valence electrons. The highest BCUT2D eigenvalue weighted by Gasteiger charge is 2.46. The third-order valence-electron chi connectivity index (χ3n) is 4.22. The van der Waals surface area contributed by atoms with Crippen LogP contribution in [0.2, 0.25) is 0 Å². The molecule has 7 nitrogen and oxygen atoms in total. The molecule has 0 spiro atoms. The van der Waals surface area contributed by atoms with E-state index in [1.54, 1.807) is 25.1 Å². The summed E-state index contributed by atoms with van der Waals surface area (Å²) in [6.07, 6.45) is 0.894. The normalized spacial score (nSPS) is 17.6. The number of hydrogen-bond donors (Lipinski definition) is 1. The van der Waals surface area contributed by atoms with Crippen molar-refractivity contribution in [3.63, 3.8) is 0 Å². The topological polar surface area (TPSA) is 80.5 Å². The predicted molar refractivity (Wildman–Crippen MR) is 82.4 cm³/mol. The number of benzene rings is 1. The minimum atomic E-state index is -0.693. The lowest BCUT2D eigenvalue weighted by atomic mass is 9.85. The molecule has 1 aromatic carbocycles. The number of aliphatic hydroxyl groups excluding tert-OH is 1. The van der Waals surface area contributed by atoms with Gasteiger partial charge in [-0.05, 0) is 12.5 Å². The lowest BCUT2D eigenvalue weighted by molar-refractivity contribution is -0.165. The van der Waals surface area contributed by atoms with Crippen LogP contribution >= 0.6 is 0 Å². The summed E-state index contributed by atoms with van der Waals surface area (Å²) in [5.41, 5.74) is 1.10. The zero-order valence-electron chi connectivity index (χ0n) is 13.2. The molecule has 0 radical (unpaired) electrons. The van der Waals surface area contributed by atoms with Gasteiger partial charge in [-0.1, -0.05) is 35.5 Å². The summed E-state index contributed by atoms with van der Waals surface area (Å²) in [5.74, 6) is -0.0457. The molecule has 0 bridgehead atoms. The zero-order valence-corrected chi connectivity index (χ0v) is 13.2. The van der Waals surface area contributed by atoms with Crippen molar-refractivity contribution < 1.29 is 14.6 Å². The van der Waals surface area contributed by atoms with Gasteiger partial charge in [0.1, 0.15) is 17.8 Å². The van der Waals surface area contributed by atoms with Crippen LogP contribution in [-0.2, 0) is 21.7 Å². The number of nitrogens with zero attached hydrogens (tertiary/aromatic N) is 4. The molecule has 1 atom stereocenters. The number of amides is 1. The van der Waals surface area contributed by atoms with E-state index in [0.717, 1.165) is 5.56 Å². The van der Waals surface area contributed by atoms with Crippen LogP contribution in [0.25, 0.3) is 0 Å². The maximum absolute atomic E-state index is 12.3. The van der Waals surface area contributed by atoms with Gasteiger partial charge in [0.05, 0.1) is 25.4 Å². The SMILES string of the molecule is COC1(c2ccccc2)CN(C(=O)Cn2cc(C(C)O)nn2)C1. The van der Waals surface area contributed by atoms with E-state index in [-0.39, 0.29) is 12.5 Å². The highest BCUT2D eigenvalue weighted by Crippen LogP contribution is 2.35. The Morgan fingerprint density at radius 2 is 2.09 bits per heavy atom. The first-order valence-electron chi connectivity index (χ1n) is 7.50. The Morgan fingerprint density at radius 3 is 2.65 bits per heavy atom. The van der Waals surface area contributed by atoms with E-state index in [0.29, 0.717) is 18.8 Å². The molecular weight excluding hydrogens is 296 g/mol. The lowest BCUT2D eigenvalue weighted by Crippen LogP contribution is -2.62. The standard InChI is InChI=1S/C16H20N4O3/c1-12(21)14-8-20(18-17-14)9-15(22)19-10-16(11-19,23-2)13-6-4-3-5-7-13/h3-8,12,21H,9-11H2,1-2H3. The number of hydrogen-bond acceptors (Lipinski definition) is 5. The highest BCUT2D eigenvalue weighted by atomic mass is 16.5. The summed E-state index contributed by atoms with van der Waals surface area (Å²) >= 11 is 0. The van der Waals surface area contributed by atoms with E-state index >= 15 is 0 Å². The van der Waals surface area contributed by atoms with Gasteiger partial charge in [-0.25, -0.2) is 4.68 Å². The fourth-order valence-electron chi connectivity index (χ4n) is 2.74. The molecule has 1 unspecified atom stereocenters. The second kappa shape index (κ2) is 6.10. The summed E-state index contributed by atoms with van der Waals surface area (Å²) in [5, 5.41) is 17.1. The molecule has 7 heteroatoms. The van der Waals surface area contributed by atoms with E-state index in [4.69, 9.17) is 4.74 Å². The van der Waals surface area contributed by atoms with Crippen LogP contribution in [0.4, 0.5) is 0 Å². The quantitative estimate of drug-likeness (QED) is 0.879. The number of carbonyl (C=O) groups is 1. The van der Waals surface area contributed by atoms with E-state index in [9.17, 15) is 9.90 Å². The minimum absolute atomic E-state index is 0.0457. The van der Waals surface area contributed by atoms with Crippen LogP contribution in [0.5, 0.6) is 0 Å². The Bertz CT molecular complexity index is 678. The van der Waals surface area contributed by atoms with Gasteiger partial charge < -0.3 is 14.7 Å². The van der Waals surface area contributed by atoms with Crippen LogP contribution in [0, 0.1) is 0 Å². The van der Waals surface area contributed by atoms with Gasteiger partial charge in [0.25, 0.3) is 0 Å². The van der Waals surface area contributed by atoms with Crippen molar-refractivity contribution in [3.8, 4) is 0 Å². The van der Waals surface area contributed by atoms with Crippen LogP contribution in [0.15, 0.2) is 36.5 Å². The molecule has 2 aromatic rings. The monoisotopic (exact) mass is 316 g/mol. The first-order chi connectivity index (χ1) is 11.0. The lowest BCUT2D eigenvalue weighted by Gasteiger charge is -2.49.